The quantitative estimate of drug-likeness (QED) is 0.659. The Bertz CT molecular complexity index is 707. The number of carbonyl (C=O) groups is 1. The van der Waals surface area contributed by atoms with Crippen molar-refractivity contribution < 1.29 is 9.21 Å². The first kappa shape index (κ1) is 24.9. The summed E-state index contributed by atoms with van der Waals surface area (Å²) >= 11 is 3.50. The molecule has 146 valence electrons. The van der Waals surface area contributed by atoms with Gasteiger partial charge in [0.25, 0.3) is 0 Å². The molecule has 2 aromatic rings. The van der Waals surface area contributed by atoms with Crippen molar-refractivity contribution in [2.75, 3.05) is 20.1 Å². The Morgan fingerprint density at radius 1 is 1.31 bits per heavy atom. The van der Waals surface area contributed by atoms with Gasteiger partial charge in [-0.25, -0.2) is 4.98 Å². The number of hydrogen-bond donors (Lipinski definition) is 1. The van der Waals surface area contributed by atoms with Crippen molar-refractivity contribution in [1.82, 2.24) is 9.88 Å². The third kappa shape index (κ3) is 6.91. The van der Waals surface area contributed by atoms with Crippen molar-refractivity contribution in [2.24, 2.45) is 11.1 Å². The summed E-state index contributed by atoms with van der Waals surface area (Å²) in [6, 6.07) is 7.81. The minimum Gasteiger partial charge on any atom is -0.441 e. The Labute approximate surface area is 175 Å². The van der Waals surface area contributed by atoms with Crippen LogP contribution in [0.4, 0.5) is 0 Å². The fourth-order valence-electron chi connectivity index (χ4n) is 2.41. The molecule has 2 rings (SSSR count). The smallest absolute Gasteiger partial charge is 0.222 e. The summed E-state index contributed by atoms with van der Waals surface area (Å²) in [5.74, 6) is 1.33. The molecule has 1 aromatic carbocycles. The van der Waals surface area contributed by atoms with Gasteiger partial charge in [0.15, 0.2) is 11.7 Å². The zero-order chi connectivity index (χ0) is 17.7. The van der Waals surface area contributed by atoms with E-state index in [0.29, 0.717) is 37.6 Å². The summed E-state index contributed by atoms with van der Waals surface area (Å²) in [7, 11) is 1.81. The fraction of sp³-hybridized carbons (Fsp3) is 0.444. The first-order valence-corrected chi connectivity index (χ1v) is 8.75. The van der Waals surface area contributed by atoms with E-state index in [-0.39, 0.29) is 36.1 Å². The second-order valence-electron chi connectivity index (χ2n) is 6.72. The number of aryl methyl sites for hydroxylation is 1. The van der Waals surface area contributed by atoms with Crippen LogP contribution in [0.2, 0.25) is 0 Å². The zero-order valence-electron chi connectivity index (χ0n) is 15.2. The van der Waals surface area contributed by atoms with E-state index in [2.05, 4.69) is 34.8 Å². The lowest BCUT2D eigenvalue weighted by atomic mass is 9.93. The van der Waals surface area contributed by atoms with Gasteiger partial charge in [0.05, 0.1) is 6.20 Å². The number of benzene rings is 1. The maximum Gasteiger partial charge on any atom is 0.222 e. The summed E-state index contributed by atoms with van der Waals surface area (Å²) in [4.78, 5) is 18.3. The molecule has 0 saturated carbocycles. The molecule has 0 aliphatic rings. The molecule has 5 nitrogen and oxygen atoms in total. The van der Waals surface area contributed by atoms with Crippen molar-refractivity contribution in [2.45, 2.75) is 26.7 Å². The molecule has 1 amide bonds. The molecule has 0 unspecified atom stereocenters. The van der Waals surface area contributed by atoms with Crippen LogP contribution in [0.1, 0.15) is 26.2 Å². The van der Waals surface area contributed by atoms with Crippen LogP contribution in [0.25, 0.3) is 11.3 Å². The maximum atomic E-state index is 12.2. The molecule has 1 heterocycles. The number of amides is 1. The van der Waals surface area contributed by atoms with Gasteiger partial charge in [-0.15, -0.1) is 24.8 Å². The number of nitrogens with zero attached hydrogens (tertiary/aromatic N) is 2. The van der Waals surface area contributed by atoms with E-state index in [1.165, 1.54) is 0 Å². The van der Waals surface area contributed by atoms with Gasteiger partial charge >= 0.3 is 0 Å². The average molecular weight is 467 g/mol. The lowest BCUT2D eigenvalue weighted by Gasteiger charge is -2.29. The molecular weight excluding hydrogens is 441 g/mol. The second-order valence-corrected chi connectivity index (χ2v) is 7.57. The molecule has 1 aromatic heterocycles. The molecule has 0 aliphatic carbocycles. The van der Waals surface area contributed by atoms with Crippen molar-refractivity contribution in [3.63, 3.8) is 0 Å². The number of halogens is 3. The van der Waals surface area contributed by atoms with Crippen LogP contribution in [-0.4, -0.2) is 35.9 Å². The van der Waals surface area contributed by atoms with Crippen molar-refractivity contribution >= 4 is 46.7 Å². The predicted octanol–water partition coefficient (Wildman–Crippen LogP) is 4.32. The van der Waals surface area contributed by atoms with Gasteiger partial charge in [0, 0.05) is 36.5 Å². The number of hydrogen-bond acceptors (Lipinski definition) is 4. The summed E-state index contributed by atoms with van der Waals surface area (Å²) in [6.45, 7) is 5.28. The van der Waals surface area contributed by atoms with Crippen LogP contribution in [-0.2, 0) is 11.2 Å². The Morgan fingerprint density at radius 3 is 2.58 bits per heavy atom. The van der Waals surface area contributed by atoms with Gasteiger partial charge in [0.2, 0.25) is 5.91 Å². The van der Waals surface area contributed by atoms with Gasteiger partial charge in [0.1, 0.15) is 0 Å². The summed E-state index contributed by atoms with van der Waals surface area (Å²) in [5, 5.41) is 0. The molecular formula is C18H26BrCl2N3O2. The van der Waals surface area contributed by atoms with Gasteiger partial charge in [-0.2, -0.15) is 0 Å². The Hall–Kier alpha value is -1.08. The first-order valence-electron chi connectivity index (χ1n) is 7.96. The topological polar surface area (TPSA) is 72.4 Å². The molecule has 0 bridgehead atoms. The highest BCUT2D eigenvalue weighted by Gasteiger charge is 2.21. The van der Waals surface area contributed by atoms with Crippen LogP contribution in [0.3, 0.4) is 0 Å². The molecule has 0 saturated heterocycles. The van der Waals surface area contributed by atoms with Gasteiger partial charge in [-0.1, -0.05) is 48.0 Å². The number of carbonyl (C=O) groups excluding carboxylic acids is 1. The SMILES string of the molecule is CN(CC(C)(C)CN)C(=O)CCc1ncc(-c2ccccc2Br)o1.Cl.Cl. The van der Waals surface area contributed by atoms with Crippen molar-refractivity contribution in [1.29, 1.82) is 0 Å². The molecule has 0 spiro atoms. The molecule has 0 fully saturated rings. The number of nitrogens with two attached hydrogens (primary N) is 1. The first-order chi connectivity index (χ1) is 11.3. The summed E-state index contributed by atoms with van der Waals surface area (Å²) in [5.41, 5.74) is 6.59. The summed E-state index contributed by atoms with van der Waals surface area (Å²) in [6.07, 6.45) is 2.55. The van der Waals surface area contributed by atoms with Crippen LogP contribution in [0.5, 0.6) is 0 Å². The van der Waals surface area contributed by atoms with Crippen molar-refractivity contribution in [3.05, 3.63) is 40.8 Å². The highest BCUT2D eigenvalue weighted by molar-refractivity contribution is 9.10. The van der Waals surface area contributed by atoms with Gasteiger partial charge in [-0.3, -0.25) is 4.79 Å². The highest BCUT2D eigenvalue weighted by Crippen LogP contribution is 2.28. The minimum absolute atomic E-state index is 0. The highest BCUT2D eigenvalue weighted by atomic mass is 79.9. The average Bonchev–Trinajstić information content (AvgIpc) is 3.01. The zero-order valence-corrected chi connectivity index (χ0v) is 18.4. The molecule has 8 heteroatoms. The normalized spacial score (nSPS) is 10.7. The lowest BCUT2D eigenvalue weighted by molar-refractivity contribution is -0.131. The monoisotopic (exact) mass is 465 g/mol. The van der Waals surface area contributed by atoms with E-state index in [1.807, 2.05) is 31.3 Å². The molecule has 0 radical (unpaired) electrons. The Kier molecular flexibility index (Phi) is 10.5. The van der Waals surface area contributed by atoms with E-state index < -0.39 is 0 Å². The van der Waals surface area contributed by atoms with Gasteiger partial charge in [-0.05, 0) is 18.0 Å². The number of rotatable bonds is 7. The largest absolute Gasteiger partial charge is 0.441 e. The van der Waals surface area contributed by atoms with Crippen LogP contribution >= 0.6 is 40.7 Å². The van der Waals surface area contributed by atoms with E-state index >= 15 is 0 Å². The van der Waals surface area contributed by atoms with Gasteiger partial charge < -0.3 is 15.1 Å². The summed E-state index contributed by atoms with van der Waals surface area (Å²) < 4.78 is 6.72. The Balaban J connectivity index is 0.00000312. The molecule has 0 atom stereocenters. The standard InChI is InChI=1S/C18H24BrN3O2.2ClH/c1-18(2,11-20)12-22(3)17(23)9-8-16-21-10-15(24-16)13-6-4-5-7-14(13)19;;/h4-7,10H,8-9,11-12,20H2,1-3H3;2*1H. The van der Waals surface area contributed by atoms with E-state index in [9.17, 15) is 4.79 Å². The van der Waals surface area contributed by atoms with Crippen LogP contribution in [0.15, 0.2) is 39.4 Å². The number of aromatic nitrogens is 1. The second kappa shape index (κ2) is 10.9. The van der Waals surface area contributed by atoms with Crippen LogP contribution < -0.4 is 5.73 Å². The van der Waals surface area contributed by atoms with E-state index in [1.54, 1.807) is 11.1 Å². The molecule has 2 N–H and O–H groups in total. The van der Waals surface area contributed by atoms with E-state index in [0.717, 1.165) is 10.0 Å². The third-order valence-corrected chi connectivity index (χ3v) is 4.58. The number of oxazole rings is 1. The van der Waals surface area contributed by atoms with E-state index in [4.69, 9.17) is 10.2 Å². The maximum absolute atomic E-state index is 12.2. The third-order valence-electron chi connectivity index (χ3n) is 3.89. The predicted molar refractivity (Wildman–Crippen MR) is 113 cm³/mol. The lowest BCUT2D eigenvalue weighted by Crippen LogP contribution is -2.39. The Morgan fingerprint density at radius 2 is 1.96 bits per heavy atom. The molecule has 0 aliphatic heterocycles. The fourth-order valence-corrected chi connectivity index (χ4v) is 2.89. The van der Waals surface area contributed by atoms with Crippen LogP contribution in [0, 0.1) is 5.41 Å². The molecule has 26 heavy (non-hydrogen) atoms. The van der Waals surface area contributed by atoms with Crippen molar-refractivity contribution in [3.8, 4) is 11.3 Å². The minimum atomic E-state index is -0.0832.